The largest absolute Gasteiger partial charge is 0.459 e. The number of benzene rings is 2. The predicted octanol–water partition coefficient (Wildman–Crippen LogP) is 4.99. The van der Waals surface area contributed by atoms with Gasteiger partial charge in [0.15, 0.2) is 0 Å². The average molecular weight is 521 g/mol. The van der Waals surface area contributed by atoms with E-state index in [9.17, 15) is 9.59 Å². The molecule has 0 spiro atoms. The van der Waals surface area contributed by atoms with E-state index in [1.165, 1.54) is 0 Å². The van der Waals surface area contributed by atoms with E-state index in [-0.39, 0.29) is 18.4 Å². The molecule has 0 saturated heterocycles. The molecule has 7 nitrogen and oxygen atoms in total. The van der Waals surface area contributed by atoms with E-state index in [2.05, 4.69) is 26.3 Å². The minimum absolute atomic E-state index is 0.00640. The molecule has 2 aromatic heterocycles. The highest BCUT2D eigenvalue weighted by Crippen LogP contribution is 2.43. The van der Waals surface area contributed by atoms with Crippen LogP contribution < -0.4 is 10.2 Å². The third kappa shape index (κ3) is 3.62. The Labute approximate surface area is 205 Å². The topological polar surface area (TPSA) is 80.4 Å². The van der Waals surface area contributed by atoms with E-state index in [0.717, 1.165) is 38.1 Å². The molecule has 0 bridgehead atoms. The number of halogens is 1. The maximum atomic E-state index is 13.4. The van der Waals surface area contributed by atoms with Crippen LogP contribution in [0, 0.1) is 6.92 Å². The number of fused-ring (bicyclic) bond motifs is 2. The second-order valence-corrected chi connectivity index (χ2v) is 9.94. The molecule has 0 fully saturated rings. The molecule has 8 heteroatoms. The second-order valence-electron chi connectivity index (χ2n) is 9.15. The van der Waals surface area contributed by atoms with Gasteiger partial charge in [-0.2, -0.15) is 5.10 Å². The molecule has 2 aromatic carbocycles. The van der Waals surface area contributed by atoms with Crippen molar-refractivity contribution in [3.8, 4) is 0 Å². The Morgan fingerprint density at radius 3 is 2.65 bits per heavy atom. The van der Waals surface area contributed by atoms with Crippen LogP contribution in [0.15, 0.2) is 57.4 Å². The summed E-state index contributed by atoms with van der Waals surface area (Å²) in [6, 6.07) is 15.1. The van der Waals surface area contributed by atoms with Gasteiger partial charge >= 0.3 is 0 Å². The van der Waals surface area contributed by atoms with Gasteiger partial charge in [0.05, 0.1) is 34.4 Å². The first-order valence-electron chi connectivity index (χ1n) is 11.1. The number of carbonyl (C=O) groups excluding carboxylic acids is 2. The molecular formula is C26H25BrN4O3. The smallest absolute Gasteiger partial charge is 0.251 e. The number of carbonyl (C=O) groups is 2. The van der Waals surface area contributed by atoms with Crippen molar-refractivity contribution in [3.05, 3.63) is 81.3 Å². The summed E-state index contributed by atoms with van der Waals surface area (Å²) in [5, 5.41) is 8.37. The number of hydrogen-bond donors (Lipinski definition) is 1. The van der Waals surface area contributed by atoms with E-state index in [0.29, 0.717) is 17.9 Å². The SMILES string of the molecule is Cc1nn(C)c(CN2C(=O)C(C)(C)c3ccc(C(=O)NCc4cc5ccccc5o4)cc32)c1Br. The molecule has 4 aromatic rings. The van der Waals surface area contributed by atoms with E-state index in [1.807, 2.05) is 64.2 Å². The molecule has 0 atom stereocenters. The number of furan rings is 1. The zero-order valence-electron chi connectivity index (χ0n) is 19.5. The van der Waals surface area contributed by atoms with Gasteiger partial charge < -0.3 is 14.6 Å². The fraction of sp³-hybridized carbons (Fsp3) is 0.269. The quantitative estimate of drug-likeness (QED) is 0.401. The predicted molar refractivity (Wildman–Crippen MR) is 134 cm³/mol. The number of para-hydroxylation sites is 1. The maximum absolute atomic E-state index is 13.4. The number of anilines is 1. The van der Waals surface area contributed by atoms with Gasteiger partial charge in [-0.05, 0) is 66.5 Å². The Morgan fingerprint density at radius 2 is 1.94 bits per heavy atom. The summed E-state index contributed by atoms with van der Waals surface area (Å²) in [5.41, 5.74) is 4.01. The highest BCUT2D eigenvalue weighted by molar-refractivity contribution is 9.10. The molecule has 0 radical (unpaired) electrons. The van der Waals surface area contributed by atoms with Crippen molar-refractivity contribution < 1.29 is 14.0 Å². The molecule has 1 aliphatic rings. The van der Waals surface area contributed by atoms with E-state index < -0.39 is 5.41 Å². The molecule has 0 aliphatic carbocycles. The van der Waals surface area contributed by atoms with Gasteiger partial charge in [-0.25, -0.2) is 0 Å². The van der Waals surface area contributed by atoms with Crippen molar-refractivity contribution >= 4 is 44.4 Å². The number of hydrogen-bond acceptors (Lipinski definition) is 4. The third-order valence-corrected chi connectivity index (χ3v) is 7.50. The van der Waals surface area contributed by atoms with Gasteiger partial charge in [0.25, 0.3) is 5.91 Å². The minimum atomic E-state index is -0.682. The van der Waals surface area contributed by atoms with Crippen LogP contribution >= 0.6 is 15.9 Å². The molecule has 2 amide bonds. The molecule has 0 saturated carbocycles. The van der Waals surface area contributed by atoms with Crippen LogP contribution in [0.4, 0.5) is 5.69 Å². The Balaban J connectivity index is 1.41. The Kier molecular flexibility index (Phi) is 5.36. The van der Waals surface area contributed by atoms with E-state index >= 15 is 0 Å². The summed E-state index contributed by atoms with van der Waals surface area (Å²) >= 11 is 3.60. The van der Waals surface area contributed by atoms with Crippen molar-refractivity contribution in [1.82, 2.24) is 15.1 Å². The van der Waals surface area contributed by atoms with Gasteiger partial charge in [-0.15, -0.1) is 0 Å². The first kappa shape index (κ1) is 22.4. The molecule has 0 unspecified atom stereocenters. The van der Waals surface area contributed by atoms with Crippen LogP contribution in [-0.4, -0.2) is 21.6 Å². The third-order valence-electron chi connectivity index (χ3n) is 6.47. The van der Waals surface area contributed by atoms with Gasteiger partial charge in [0, 0.05) is 23.7 Å². The minimum Gasteiger partial charge on any atom is -0.459 e. The zero-order valence-corrected chi connectivity index (χ0v) is 21.1. The lowest BCUT2D eigenvalue weighted by Crippen LogP contribution is -2.36. The van der Waals surface area contributed by atoms with Crippen molar-refractivity contribution in [2.75, 3.05) is 4.90 Å². The van der Waals surface area contributed by atoms with Gasteiger partial charge in [-0.3, -0.25) is 14.3 Å². The molecule has 34 heavy (non-hydrogen) atoms. The zero-order chi connectivity index (χ0) is 24.2. The fourth-order valence-electron chi connectivity index (χ4n) is 4.54. The Hall–Kier alpha value is -3.39. The van der Waals surface area contributed by atoms with Crippen molar-refractivity contribution in [3.63, 3.8) is 0 Å². The van der Waals surface area contributed by atoms with Gasteiger partial charge in [0.1, 0.15) is 11.3 Å². The summed E-state index contributed by atoms with van der Waals surface area (Å²) < 4.78 is 8.46. The number of nitrogens with zero attached hydrogens (tertiary/aromatic N) is 3. The Bertz CT molecular complexity index is 1420. The van der Waals surface area contributed by atoms with Crippen LogP contribution in [0.5, 0.6) is 0 Å². The second kappa shape index (κ2) is 8.13. The average Bonchev–Trinajstić information content (AvgIpc) is 3.40. The van der Waals surface area contributed by atoms with E-state index in [1.54, 1.807) is 21.7 Å². The Morgan fingerprint density at radius 1 is 1.18 bits per heavy atom. The van der Waals surface area contributed by atoms with Crippen molar-refractivity contribution in [2.24, 2.45) is 7.05 Å². The maximum Gasteiger partial charge on any atom is 0.251 e. The first-order chi connectivity index (χ1) is 16.2. The monoisotopic (exact) mass is 520 g/mol. The first-order valence-corrected chi connectivity index (χ1v) is 11.9. The van der Waals surface area contributed by atoms with E-state index in [4.69, 9.17) is 4.42 Å². The van der Waals surface area contributed by atoms with Gasteiger partial charge in [-0.1, -0.05) is 24.3 Å². The fourth-order valence-corrected chi connectivity index (χ4v) is 5.00. The van der Waals surface area contributed by atoms with Crippen molar-refractivity contribution in [2.45, 2.75) is 39.3 Å². The number of rotatable bonds is 5. The lowest BCUT2D eigenvalue weighted by molar-refractivity contribution is -0.122. The lowest BCUT2D eigenvalue weighted by atomic mass is 9.86. The van der Waals surface area contributed by atoms with Crippen LogP contribution in [0.1, 0.15) is 46.9 Å². The van der Waals surface area contributed by atoms with Crippen molar-refractivity contribution in [1.29, 1.82) is 0 Å². The number of aryl methyl sites for hydroxylation is 2. The van der Waals surface area contributed by atoms with Crippen LogP contribution in [0.2, 0.25) is 0 Å². The molecule has 5 rings (SSSR count). The number of nitrogens with one attached hydrogen (secondary N) is 1. The molecular weight excluding hydrogens is 496 g/mol. The molecule has 3 heterocycles. The summed E-state index contributed by atoms with van der Waals surface area (Å²) in [4.78, 5) is 28.1. The molecule has 1 N–H and O–H groups in total. The van der Waals surface area contributed by atoms with Gasteiger partial charge in [0.2, 0.25) is 5.91 Å². The molecule has 1 aliphatic heterocycles. The number of amides is 2. The summed E-state index contributed by atoms with van der Waals surface area (Å²) in [6.07, 6.45) is 0. The standard InChI is InChI=1S/C26H25BrN4O3/c1-15-23(27)21(30(4)29-15)14-31-20-12-17(9-10-19(20)26(2,3)25(31)33)24(32)28-13-18-11-16-7-5-6-8-22(16)34-18/h5-12H,13-14H2,1-4H3,(H,28,32). The summed E-state index contributed by atoms with van der Waals surface area (Å²) in [5.74, 6) is 0.455. The van der Waals surface area contributed by atoms with Crippen LogP contribution in [-0.2, 0) is 30.3 Å². The molecule has 174 valence electrons. The number of aromatic nitrogens is 2. The lowest BCUT2D eigenvalue weighted by Gasteiger charge is -2.21. The summed E-state index contributed by atoms with van der Waals surface area (Å²) in [7, 11) is 1.86. The van der Waals surface area contributed by atoms with Crippen LogP contribution in [0.3, 0.4) is 0 Å². The normalized spacial score (nSPS) is 14.6. The highest BCUT2D eigenvalue weighted by Gasteiger charge is 2.44. The summed E-state index contributed by atoms with van der Waals surface area (Å²) in [6.45, 7) is 6.39. The van der Waals surface area contributed by atoms with Crippen LogP contribution in [0.25, 0.3) is 11.0 Å². The highest BCUT2D eigenvalue weighted by atomic mass is 79.9.